The van der Waals surface area contributed by atoms with Crippen LogP contribution in [0.15, 0.2) is 17.1 Å². The van der Waals surface area contributed by atoms with Crippen molar-refractivity contribution in [3.8, 4) is 5.75 Å². The molecular formula is C14H15N7O10S. The van der Waals surface area contributed by atoms with Gasteiger partial charge in [0, 0.05) is 12.3 Å². The normalized spacial score (nSPS) is 20.2. The second kappa shape index (κ2) is 7.72. The van der Waals surface area contributed by atoms with Gasteiger partial charge >= 0.3 is 22.3 Å². The van der Waals surface area contributed by atoms with Crippen molar-refractivity contribution in [1.82, 2.24) is 35.1 Å². The van der Waals surface area contributed by atoms with Crippen molar-refractivity contribution in [3.05, 3.63) is 28.2 Å². The summed E-state index contributed by atoms with van der Waals surface area (Å²) in [5, 5.41) is 22.3. The van der Waals surface area contributed by atoms with Gasteiger partial charge in [-0.1, -0.05) is 0 Å². The molecule has 2 aliphatic heterocycles. The predicted molar refractivity (Wildman–Crippen MR) is 99.0 cm³/mol. The van der Waals surface area contributed by atoms with Gasteiger partial charge in [0.1, 0.15) is 5.69 Å². The highest BCUT2D eigenvalue weighted by molar-refractivity contribution is 7.88. The van der Waals surface area contributed by atoms with Gasteiger partial charge < -0.3 is 20.5 Å². The first-order valence-corrected chi connectivity index (χ1v) is 10.00. The molecule has 0 spiro atoms. The monoisotopic (exact) mass is 473 g/mol. The minimum absolute atomic E-state index is 0.176. The molecule has 0 bridgehead atoms. The van der Waals surface area contributed by atoms with Crippen LogP contribution in [0.1, 0.15) is 10.5 Å². The number of amides is 6. The summed E-state index contributed by atoms with van der Waals surface area (Å²) in [6, 6.07) is -0.531. The molecule has 0 saturated carbocycles. The Labute approximate surface area is 177 Å². The number of H-pyrrole nitrogens is 1. The van der Waals surface area contributed by atoms with E-state index in [1.807, 2.05) is 0 Å². The van der Waals surface area contributed by atoms with Crippen molar-refractivity contribution in [3.63, 3.8) is 0 Å². The fourth-order valence-electron chi connectivity index (χ4n) is 2.74. The van der Waals surface area contributed by atoms with Gasteiger partial charge in [0.15, 0.2) is 5.75 Å². The average molecular weight is 473 g/mol. The number of aromatic hydroxyl groups is 1. The first kappa shape index (κ1) is 22.3. The molecule has 7 N–H and O–H groups in total. The molecule has 32 heavy (non-hydrogen) atoms. The minimum Gasteiger partial charge on any atom is -0.503 e. The van der Waals surface area contributed by atoms with Gasteiger partial charge in [-0.2, -0.15) is 8.42 Å². The van der Waals surface area contributed by atoms with Crippen molar-refractivity contribution in [2.75, 3.05) is 19.6 Å². The summed E-state index contributed by atoms with van der Waals surface area (Å²) in [5.74, 6) is -4.27. The standard InChI is InChI=1S/C14H15N7O10S/c22-7-3-6(15-4-8(7)23)9(24)18-20-1-2-21(13(20)29)32(30,31)19-11(26)14(17-12(27)28)5-16-10(14)25/h3-4,17,23H,1-2,5H2,(H,15,22)(H,16,25)(H,18,24)(H,19,26)(H,27,28). The molecule has 2 fully saturated rings. The van der Waals surface area contributed by atoms with E-state index < -0.39 is 69.9 Å². The molecule has 0 radical (unpaired) electrons. The molecule has 1 atom stereocenters. The van der Waals surface area contributed by atoms with E-state index in [0.717, 1.165) is 12.3 Å². The molecule has 3 rings (SSSR count). The molecule has 0 aromatic carbocycles. The van der Waals surface area contributed by atoms with Crippen molar-refractivity contribution < 1.29 is 42.6 Å². The number of carbonyl (C=O) groups excluding carboxylic acids is 4. The number of carboxylic acid groups (broad SMARTS) is 1. The average Bonchev–Trinajstić information content (AvgIpc) is 3.07. The molecular weight excluding hydrogens is 458 g/mol. The molecule has 2 saturated heterocycles. The highest BCUT2D eigenvalue weighted by Crippen LogP contribution is 2.16. The number of nitrogens with zero attached hydrogens (tertiary/aromatic N) is 2. The summed E-state index contributed by atoms with van der Waals surface area (Å²) in [4.78, 5) is 73.1. The smallest absolute Gasteiger partial charge is 0.405 e. The van der Waals surface area contributed by atoms with Gasteiger partial charge in [-0.3, -0.25) is 29.9 Å². The summed E-state index contributed by atoms with van der Waals surface area (Å²) in [6.07, 6.45) is -0.918. The largest absolute Gasteiger partial charge is 0.503 e. The van der Waals surface area contributed by atoms with Crippen LogP contribution >= 0.6 is 0 Å². The van der Waals surface area contributed by atoms with Crippen molar-refractivity contribution in [1.29, 1.82) is 0 Å². The Balaban J connectivity index is 1.70. The maximum absolute atomic E-state index is 12.5. The zero-order chi connectivity index (χ0) is 23.8. The quantitative estimate of drug-likeness (QED) is 0.156. The molecule has 6 amide bonds. The second-order valence-corrected chi connectivity index (χ2v) is 8.09. The maximum atomic E-state index is 12.5. The van der Waals surface area contributed by atoms with Crippen LogP contribution < -0.4 is 26.2 Å². The first-order chi connectivity index (χ1) is 14.9. The van der Waals surface area contributed by atoms with E-state index in [1.165, 1.54) is 4.72 Å². The summed E-state index contributed by atoms with van der Waals surface area (Å²) < 4.78 is 26.6. The number of aromatic amines is 1. The SMILES string of the molecule is O=C(O)NC1(C(=O)NS(=O)(=O)N2CCN(NC(=O)c3cc(=O)c(O)c[nH]3)C2=O)CNC1=O. The van der Waals surface area contributed by atoms with Gasteiger partial charge in [0.2, 0.25) is 11.0 Å². The molecule has 1 unspecified atom stereocenters. The van der Waals surface area contributed by atoms with Crippen LogP contribution in [0.5, 0.6) is 5.75 Å². The lowest BCUT2D eigenvalue weighted by Crippen LogP contribution is -2.79. The van der Waals surface area contributed by atoms with E-state index in [-0.39, 0.29) is 16.5 Å². The summed E-state index contributed by atoms with van der Waals surface area (Å²) in [6.45, 7) is -1.37. The number of pyridine rings is 1. The van der Waals surface area contributed by atoms with Crippen LogP contribution in [0, 0.1) is 0 Å². The van der Waals surface area contributed by atoms with Gasteiger partial charge in [-0.05, 0) is 0 Å². The molecule has 3 heterocycles. The zero-order valence-corrected chi connectivity index (χ0v) is 16.6. The number of hydrogen-bond donors (Lipinski definition) is 7. The summed E-state index contributed by atoms with van der Waals surface area (Å²) in [5.41, 5.74) is -1.55. The Bertz CT molecular complexity index is 1190. The van der Waals surface area contributed by atoms with Gasteiger partial charge in [0.05, 0.1) is 19.6 Å². The molecule has 2 aliphatic rings. The Morgan fingerprint density at radius 2 is 1.84 bits per heavy atom. The third kappa shape index (κ3) is 3.85. The van der Waals surface area contributed by atoms with Gasteiger partial charge in [-0.15, -0.1) is 0 Å². The van der Waals surface area contributed by atoms with Crippen molar-refractivity contribution in [2.45, 2.75) is 5.54 Å². The van der Waals surface area contributed by atoms with E-state index in [4.69, 9.17) is 5.11 Å². The van der Waals surface area contributed by atoms with Crippen LogP contribution in [0.4, 0.5) is 9.59 Å². The van der Waals surface area contributed by atoms with E-state index >= 15 is 0 Å². The minimum atomic E-state index is -4.89. The van der Waals surface area contributed by atoms with Crippen molar-refractivity contribution in [2.24, 2.45) is 0 Å². The molecule has 1 aromatic rings. The number of rotatable bonds is 6. The molecule has 17 nitrogen and oxygen atoms in total. The number of aromatic nitrogens is 1. The Morgan fingerprint density at radius 1 is 1.16 bits per heavy atom. The summed E-state index contributed by atoms with van der Waals surface area (Å²) >= 11 is 0. The zero-order valence-electron chi connectivity index (χ0n) is 15.7. The third-order valence-corrected chi connectivity index (χ3v) is 5.83. The van der Waals surface area contributed by atoms with Crippen molar-refractivity contribution >= 4 is 40.1 Å². The number of carbonyl (C=O) groups is 5. The Hall–Kier alpha value is -4.35. The number of urea groups is 1. The van der Waals surface area contributed by atoms with Crippen LogP contribution in [-0.2, 0) is 19.8 Å². The predicted octanol–water partition coefficient (Wildman–Crippen LogP) is -4.04. The van der Waals surface area contributed by atoms with Gasteiger partial charge in [-0.25, -0.2) is 23.6 Å². The lowest BCUT2D eigenvalue weighted by molar-refractivity contribution is -0.144. The fourth-order valence-corrected chi connectivity index (χ4v) is 3.89. The van der Waals surface area contributed by atoms with Crippen LogP contribution in [-0.4, -0.2) is 87.9 Å². The molecule has 18 heteroatoms. The van der Waals surface area contributed by atoms with Crippen LogP contribution in [0.25, 0.3) is 0 Å². The fraction of sp³-hybridized carbons (Fsp3) is 0.286. The molecule has 1 aromatic heterocycles. The Morgan fingerprint density at radius 3 is 2.38 bits per heavy atom. The van der Waals surface area contributed by atoms with Gasteiger partial charge in [0.25, 0.3) is 17.7 Å². The number of hydrazine groups is 1. The van der Waals surface area contributed by atoms with E-state index in [0.29, 0.717) is 5.01 Å². The lowest BCUT2D eigenvalue weighted by Gasteiger charge is -2.38. The highest BCUT2D eigenvalue weighted by atomic mass is 32.2. The van der Waals surface area contributed by atoms with Crippen LogP contribution in [0.2, 0.25) is 0 Å². The summed E-state index contributed by atoms with van der Waals surface area (Å²) in [7, 11) is -4.89. The highest BCUT2D eigenvalue weighted by Gasteiger charge is 2.56. The molecule has 0 aliphatic carbocycles. The molecule has 172 valence electrons. The first-order valence-electron chi connectivity index (χ1n) is 8.56. The van der Waals surface area contributed by atoms with Crippen LogP contribution in [0.3, 0.4) is 0 Å². The van der Waals surface area contributed by atoms with E-state index in [2.05, 4.69) is 15.7 Å². The Kier molecular flexibility index (Phi) is 5.39. The van der Waals surface area contributed by atoms with E-state index in [1.54, 1.807) is 5.32 Å². The van der Waals surface area contributed by atoms with E-state index in [9.17, 15) is 42.3 Å². The number of nitrogens with one attached hydrogen (secondary N) is 5. The second-order valence-electron chi connectivity index (χ2n) is 6.50. The lowest BCUT2D eigenvalue weighted by atomic mass is 9.90. The third-order valence-electron chi connectivity index (χ3n) is 4.47. The topological polar surface area (TPSA) is 247 Å². The number of β-lactam (4-membered cyclic amide) rings is 1. The maximum Gasteiger partial charge on any atom is 0.405 e. The number of hydrogen-bond acceptors (Lipinski definition) is 9.